The van der Waals surface area contributed by atoms with Gasteiger partial charge in [-0.2, -0.15) is 13.2 Å². The number of carbonyl (C=O) groups is 1. The second-order valence-corrected chi connectivity index (χ2v) is 8.09. The molecule has 10 heteroatoms. The van der Waals surface area contributed by atoms with E-state index in [1.165, 1.54) is 12.1 Å². The number of halogens is 3. The molecule has 1 unspecified atom stereocenters. The predicted molar refractivity (Wildman–Crippen MR) is 87.7 cm³/mol. The van der Waals surface area contributed by atoms with Gasteiger partial charge in [-0.15, -0.1) is 0 Å². The van der Waals surface area contributed by atoms with Crippen LogP contribution in [0, 0.1) is 0 Å². The van der Waals surface area contributed by atoms with Crippen molar-refractivity contribution in [3.63, 3.8) is 0 Å². The van der Waals surface area contributed by atoms with Crippen LogP contribution >= 0.6 is 0 Å². The van der Waals surface area contributed by atoms with Crippen molar-refractivity contribution in [3.8, 4) is 0 Å². The highest BCUT2D eigenvalue weighted by Crippen LogP contribution is 2.26. The van der Waals surface area contributed by atoms with Gasteiger partial charge >= 0.3 is 6.18 Å². The van der Waals surface area contributed by atoms with Crippen LogP contribution < -0.4 is 4.72 Å². The van der Waals surface area contributed by atoms with Crippen molar-refractivity contribution in [2.24, 2.45) is 0 Å². The minimum atomic E-state index is -4.57. The van der Waals surface area contributed by atoms with Crippen molar-refractivity contribution < 1.29 is 31.5 Å². The fourth-order valence-corrected chi connectivity index (χ4v) is 3.78. The number of amides is 1. The molecule has 0 spiro atoms. The van der Waals surface area contributed by atoms with Gasteiger partial charge in [0, 0.05) is 19.6 Å². The first kappa shape index (κ1) is 20.7. The number of benzene rings is 1. The van der Waals surface area contributed by atoms with Crippen LogP contribution in [0.2, 0.25) is 0 Å². The lowest BCUT2D eigenvalue weighted by molar-refractivity contribution is -0.162. The average Bonchev–Trinajstić information content (AvgIpc) is 2.51. The highest BCUT2D eigenvalue weighted by Gasteiger charge is 2.34. The Bertz CT molecular complexity index is 763. The molecule has 0 bridgehead atoms. The zero-order valence-corrected chi connectivity index (χ0v) is 15.0. The van der Waals surface area contributed by atoms with Crippen LogP contribution in [0.4, 0.5) is 13.2 Å². The van der Waals surface area contributed by atoms with Crippen molar-refractivity contribution in [3.05, 3.63) is 29.3 Å². The Labute approximate surface area is 150 Å². The van der Waals surface area contributed by atoms with Gasteiger partial charge in [0.15, 0.2) is 0 Å². The molecule has 0 aromatic heterocycles. The van der Waals surface area contributed by atoms with E-state index in [2.05, 4.69) is 4.72 Å². The van der Waals surface area contributed by atoms with Gasteiger partial charge in [0.25, 0.3) is 0 Å². The molecule has 1 aliphatic rings. The van der Waals surface area contributed by atoms with Crippen molar-refractivity contribution in [2.75, 3.05) is 13.1 Å². The van der Waals surface area contributed by atoms with Gasteiger partial charge in [0.05, 0.1) is 11.0 Å². The van der Waals surface area contributed by atoms with Crippen molar-refractivity contribution >= 4 is 15.9 Å². The molecular formula is C16H21F3N2O4S. The van der Waals surface area contributed by atoms with Crippen molar-refractivity contribution in [1.82, 2.24) is 9.62 Å². The number of carbonyl (C=O) groups excluding carboxylic acids is 1. The Balaban J connectivity index is 2.12. The molecule has 0 saturated heterocycles. The van der Waals surface area contributed by atoms with Gasteiger partial charge < -0.3 is 10.0 Å². The predicted octanol–water partition coefficient (Wildman–Crippen LogP) is 1.57. The van der Waals surface area contributed by atoms with E-state index < -0.39 is 34.6 Å². The first-order valence-electron chi connectivity index (χ1n) is 8.12. The zero-order chi connectivity index (χ0) is 19.5. The summed E-state index contributed by atoms with van der Waals surface area (Å²) in [5.74, 6) is -1.02. The summed E-state index contributed by atoms with van der Waals surface area (Å²) in [6, 6.07) is 4.42. The number of fused-ring (bicyclic) bond motifs is 1. The molecule has 6 nitrogen and oxygen atoms in total. The van der Waals surface area contributed by atoms with E-state index in [9.17, 15) is 31.5 Å². The van der Waals surface area contributed by atoms with E-state index in [1.807, 2.05) is 0 Å². The monoisotopic (exact) mass is 394 g/mol. The Hall–Kier alpha value is -1.65. The maximum absolute atomic E-state index is 12.4. The van der Waals surface area contributed by atoms with Gasteiger partial charge in [-0.05, 0) is 43.0 Å². The molecule has 0 saturated carbocycles. The van der Waals surface area contributed by atoms with Gasteiger partial charge in [-0.1, -0.05) is 6.07 Å². The lowest BCUT2D eigenvalue weighted by atomic mass is 9.99. The number of aliphatic hydroxyl groups is 1. The van der Waals surface area contributed by atoms with E-state index in [1.54, 1.807) is 13.0 Å². The van der Waals surface area contributed by atoms with Gasteiger partial charge in [-0.3, -0.25) is 4.79 Å². The summed E-state index contributed by atoms with van der Waals surface area (Å²) in [5, 5.41) is 9.19. The molecule has 1 aromatic carbocycles. The number of sulfonamides is 1. The Morgan fingerprint density at radius 1 is 1.35 bits per heavy atom. The molecule has 2 N–H and O–H groups in total. The molecule has 1 amide bonds. The second kappa shape index (κ2) is 7.93. The molecule has 0 aliphatic carbocycles. The first-order chi connectivity index (χ1) is 12.0. The van der Waals surface area contributed by atoms with Crippen LogP contribution in [0.5, 0.6) is 0 Å². The number of rotatable bonds is 6. The molecule has 26 heavy (non-hydrogen) atoms. The fourth-order valence-electron chi connectivity index (χ4n) is 2.68. The van der Waals surface area contributed by atoms with Gasteiger partial charge in [0.1, 0.15) is 6.42 Å². The molecule has 146 valence electrons. The van der Waals surface area contributed by atoms with E-state index in [4.69, 9.17) is 0 Å². The summed E-state index contributed by atoms with van der Waals surface area (Å²) < 4.78 is 64.1. The average molecular weight is 394 g/mol. The number of nitrogens with one attached hydrogen (secondary N) is 1. The molecule has 1 atom stereocenters. The summed E-state index contributed by atoms with van der Waals surface area (Å²) in [5.41, 5.74) is 1.33. The minimum absolute atomic E-state index is 0.0213. The van der Waals surface area contributed by atoms with Crippen LogP contribution in [0.15, 0.2) is 23.1 Å². The number of hydrogen-bond acceptors (Lipinski definition) is 4. The molecule has 0 fully saturated rings. The maximum atomic E-state index is 12.4. The molecule has 1 heterocycles. The van der Waals surface area contributed by atoms with E-state index in [0.717, 1.165) is 10.5 Å². The summed E-state index contributed by atoms with van der Waals surface area (Å²) >= 11 is 0. The normalized spacial score (nSPS) is 16.3. The minimum Gasteiger partial charge on any atom is -0.393 e. The van der Waals surface area contributed by atoms with Crippen LogP contribution in [-0.4, -0.2) is 49.7 Å². The van der Waals surface area contributed by atoms with Gasteiger partial charge in [0.2, 0.25) is 15.9 Å². The number of alkyl halides is 3. The quantitative estimate of drug-likeness (QED) is 0.767. The Morgan fingerprint density at radius 2 is 2.04 bits per heavy atom. The molecule has 1 aliphatic heterocycles. The highest BCUT2D eigenvalue weighted by atomic mass is 32.2. The van der Waals surface area contributed by atoms with Gasteiger partial charge in [-0.25, -0.2) is 13.1 Å². The van der Waals surface area contributed by atoms with E-state index >= 15 is 0 Å². The summed E-state index contributed by atoms with van der Waals surface area (Å²) in [7, 11) is -3.80. The standard InChI is InChI=1S/C16H21F3N2O4S/c1-11(22)4-6-20-26(24,25)14-3-2-12-5-7-21(10-13(12)8-14)15(23)9-16(17,18)19/h2-3,8,11,20,22H,4-7,9-10H2,1H3. The molecule has 1 aromatic rings. The largest absolute Gasteiger partial charge is 0.397 e. The van der Waals surface area contributed by atoms with Crippen LogP contribution in [0.1, 0.15) is 30.9 Å². The SMILES string of the molecule is CC(O)CCNS(=O)(=O)c1ccc2c(c1)CN(C(=O)CC(F)(F)F)CC2. The third-order valence-electron chi connectivity index (χ3n) is 4.06. The van der Waals surface area contributed by atoms with Crippen LogP contribution in [-0.2, 0) is 27.8 Å². The summed E-state index contributed by atoms with van der Waals surface area (Å²) in [6.45, 7) is 1.72. The third kappa shape index (κ3) is 5.68. The van der Waals surface area contributed by atoms with E-state index in [0.29, 0.717) is 12.0 Å². The molecular weight excluding hydrogens is 373 g/mol. The third-order valence-corrected chi connectivity index (χ3v) is 5.52. The van der Waals surface area contributed by atoms with E-state index in [-0.39, 0.29) is 31.0 Å². The smallest absolute Gasteiger partial charge is 0.393 e. The lowest BCUT2D eigenvalue weighted by Gasteiger charge is -2.29. The van der Waals surface area contributed by atoms with Crippen molar-refractivity contribution in [2.45, 2.75) is 49.9 Å². The Morgan fingerprint density at radius 3 is 2.65 bits per heavy atom. The fraction of sp³-hybridized carbons (Fsp3) is 0.562. The molecule has 2 rings (SSSR count). The molecule has 0 radical (unpaired) electrons. The topological polar surface area (TPSA) is 86.7 Å². The zero-order valence-electron chi connectivity index (χ0n) is 14.2. The number of aliphatic hydroxyl groups excluding tert-OH is 1. The first-order valence-corrected chi connectivity index (χ1v) is 9.60. The highest BCUT2D eigenvalue weighted by molar-refractivity contribution is 7.89. The summed E-state index contributed by atoms with van der Waals surface area (Å²) in [4.78, 5) is 12.8. The summed E-state index contributed by atoms with van der Waals surface area (Å²) in [6.07, 6.45) is -6.12. The van der Waals surface area contributed by atoms with Crippen LogP contribution in [0.3, 0.4) is 0 Å². The van der Waals surface area contributed by atoms with Crippen LogP contribution in [0.25, 0.3) is 0 Å². The second-order valence-electron chi connectivity index (χ2n) is 6.32. The number of nitrogens with zero attached hydrogens (tertiary/aromatic N) is 1. The lowest BCUT2D eigenvalue weighted by Crippen LogP contribution is -2.38. The number of hydrogen-bond donors (Lipinski definition) is 2. The van der Waals surface area contributed by atoms with Crippen molar-refractivity contribution in [1.29, 1.82) is 0 Å². The Kier molecular flexibility index (Phi) is 6.30. The maximum Gasteiger partial charge on any atom is 0.397 e.